The summed E-state index contributed by atoms with van der Waals surface area (Å²) in [5.74, 6) is 0.661. The zero-order valence-electron chi connectivity index (χ0n) is 34.9. The number of nitrogens with zero attached hydrogens (tertiary/aromatic N) is 2. The molecule has 0 amide bonds. The van der Waals surface area contributed by atoms with Gasteiger partial charge in [0.2, 0.25) is 0 Å². The van der Waals surface area contributed by atoms with E-state index in [0.29, 0.717) is 5.82 Å². The van der Waals surface area contributed by atoms with Crippen LogP contribution >= 0.6 is 0 Å². The van der Waals surface area contributed by atoms with Gasteiger partial charge in [0.1, 0.15) is 22.3 Å². The van der Waals surface area contributed by atoms with Crippen LogP contribution in [-0.2, 0) is 5.41 Å². The maximum Gasteiger partial charge on any atom is 0.160 e. The molecule has 0 saturated carbocycles. The molecule has 4 nitrogen and oxygen atoms in total. The number of aromatic nitrogens is 2. The number of fused-ring (bicyclic) bond motifs is 9. The van der Waals surface area contributed by atoms with Crippen LogP contribution in [0.3, 0.4) is 0 Å². The van der Waals surface area contributed by atoms with E-state index in [1.54, 1.807) is 0 Å². The monoisotopic (exact) mass is 818 g/mol. The highest BCUT2D eigenvalue weighted by molar-refractivity contribution is 6.11. The normalized spacial score (nSPS) is 14.4. The van der Waals surface area contributed by atoms with Gasteiger partial charge in [-0.3, -0.25) is 0 Å². The van der Waals surface area contributed by atoms with Crippen LogP contribution in [0.4, 0.5) is 0 Å². The molecule has 0 radical (unpaired) electrons. The zero-order chi connectivity index (χ0) is 42.4. The Morgan fingerprint density at radius 1 is 0.344 bits per heavy atom. The maximum atomic E-state index is 6.66. The maximum absolute atomic E-state index is 6.66. The molecule has 1 atom stereocenters. The van der Waals surface area contributed by atoms with Crippen molar-refractivity contribution in [3.8, 4) is 67.3 Å². The number of para-hydroxylation sites is 4. The first-order valence-corrected chi connectivity index (χ1v) is 21.8. The van der Waals surface area contributed by atoms with Crippen LogP contribution in [0.5, 0.6) is 0 Å². The van der Waals surface area contributed by atoms with E-state index in [-0.39, 0.29) is 5.41 Å². The largest absolute Gasteiger partial charge is 0.455 e. The molecular weight excluding hydrogens is 781 g/mol. The average molecular weight is 819 g/mol. The van der Waals surface area contributed by atoms with E-state index in [2.05, 4.69) is 177 Å². The second-order valence-corrected chi connectivity index (χ2v) is 17.0. The first kappa shape index (κ1) is 36.3. The number of furan rings is 2. The predicted molar refractivity (Wildman–Crippen MR) is 261 cm³/mol. The van der Waals surface area contributed by atoms with Crippen molar-refractivity contribution in [2.75, 3.05) is 0 Å². The molecule has 0 bridgehead atoms. The molecule has 64 heavy (non-hydrogen) atoms. The number of rotatable bonds is 6. The Bertz CT molecular complexity index is 3670. The summed E-state index contributed by atoms with van der Waals surface area (Å²) in [7, 11) is 0. The molecule has 0 fully saturated rings. The van der Waals surface area contributed by atoms with Crippen LogP contribution in [0.25, 0.3) is 111 Å². The van der Waals surface area contributed by atoms with E-state index in [1.807, 2.05) is 42.5 Å². The third-order valence-electron chi connectivity index (χ3n) is 13.4. The molecule has 4 heteroatoms. The molecule has 300 valence electrons. The Morgan fingerprint density at radius 3 is 1.50 bits per heavy atom. The molecule has 0 aliphatic heterocycles. The Hall–Kier alpha value is -8.34. The van der Waals surface area contributed by atoms with Crippen molar-refractivity contribution in [1.82, 2.24) is 9.97 Å². The summed E-state index contributed by atoms with van der Waals surface area (Å²) >= 11 is 0. The summed E-state index contributed by atoms with van der Waals surface area (Å²) in [6, 6.07) is 75.1. The highest BCUT2D eigenvalue weighted by Crippen LogP contribution is 2.53. The fraction of sp³-hybridized carbons (Fsp3) is 0.0333. The molecule has 12 aromatic rings. The second kappa shape index (κ2) is 14.1. The lowest BCUT2D eigenvalue weighted by Crippen LogP contribution is -2.22. The zero-order valence-corrected chi connectivity index (χ0v) is 34.9. The molecule has 3 aromatic heterocycles. The Labute approximate surface area is 369 Å². The topological polar surface area (TPSA) is 52.1 Å². The van der Waals surface area contributed by atoms with E-state index in [0.717, 1.165) is 94.2 Å². The van der Waals surface area contributed by atoms with Gasteiger partial charge in [0, 0.05) is 54.8 Å². The van der Waals surface area contributed by atoms with Gasteiger partial charge in [-0.15, -0.1) is 0 Å². The highest BCUT2D eigenvalue weighted by atomic mass is 16.3. The number of benzene rings is 9. The minimum Gasteiger partial charge on any atom is -0.455 e. The Balaban J connectivity index is 1.05. The molecule has 9 aromatic carbocycles. The number of hydrogen-bond donors (Lipinski definition) is 0. The lowest BCUT2D eigenvalue weighted by Gasteiger charge is -2.28. The van der Waals surface area contributed by atoms with E-state index >= 15 is 0 Å². The molecule has 3 heterocycles. The third-order valence-corrected chi connectivity index (χ3v) is 13.4. The summed E-state index contributed by atoms with van der Waals surface area (Å²) in [6.45, 7) is 2.36. The quantitative estimate of drug-likeness (QED) is 0.168. The van der Waals surface area contributed by atoms with Crippen molar-refractivity contribution >= 4 is 43.9 Å². The summed E-state index contributed by atoms with van der Waals surface area (Å²) in [6.07, 6.45) is 0. The second-order valence-electron chi connectivity index (χ2n) is 17.0. The van der Waals surface area contributed by atoms with Gasteiger partial charge in [-0.05, 0) is 88.3 Å². The van der Waals surface area contributed by atoms with Crippen molar-refractivity contribution in [2.45, 2.75) is 12.3 Å². The van der Waals surface area contributed by atoms with Gasteiger partial charge < -0.3 is 8.83 Å². The summed E-state index contributed by atoms with van der Waals surface area (Å²) in [5.41, 5.74) is 18.1. The molecule has 13 rings (SSSR count). The smallest absolute Gasteiger partial charge is 0.160 e. The molecule has 1 aliphatic carbocycles. The van der Waals surface area contributed by atoms with Crippen molar-refractivity contribution in [1.29, 1.82) is 0 Å². The Kier molecular flexibility index (Phi) is 8.00. The van der Waals surface area contributed by atoms with Crippen LogP contribution in [0.2, 0.25) is 0 Å². The van der Waals surface area contributed by atoms with E-state index in [1.165, 1.54) is 27.8 Å². The summed E-state index contributed by atoms with van der Waals surface area (Å²) in [4.78, 5) is 10.7. The molecule has 0 spiro atoms. The first-order chi connectivity index (χ1) is 31.6. The van der Waals surface area contributed by atoms with Gasteiger partial charge in [-0.25, -0.2) is 9.97 Å². The molecule has 0 N–H and O–H groups in total. The molecule has 1 aliphatic rings. The van der Waals surface area contributed by atoms with Gasteiger partial charge in [-0.2, -0.15) is 0 Å². The first-order valence-electron chi connectivity index (χ1n) is 21.8. The molecule has 1 unspecified atom stereocenters. The van der Waals surface area contributed by atoms with Crippen molar-refractivity contribution in [3.63, 3.8) is 0 Å². The van der Waals surface area contributed by atoms with Gasteiger partial charge >= 0.3 is 0 Å². The minimum atomic E-state index is -0.347. The fourth-order valence-corrected chi connectivity index (χ4v) is 10.2. The van der Waals surface area contributed by atoms with Gasteiger partial charge in [-0.1, -0.05) is 170 Å². The SMILES string of the molecule is CC1(c2ccccc2)c2ccccc2-c2ccc(-c3cc(-c4cc(-c5cccc6c5oc5ccccc56)cc(-c5cccc6c5oc5ccccc56)c4)nc(-c4ccccc4)n3)cc21. The highest BCUT2D eigenvalue weighted by Gasteiger charge is 2.40. The fourth-order valence-electron chi connectivity index (χ4n) is 10.2. The standard InChI is InChI=1S/C60H38N2O2/c1-60(42-18-6-3-7-19-42)51-27-11-8-20-45(51)46-31-30-38(35-52(46)60)53-36-54(62-59(61-53)37-16-4-2-5-17-37)41-33-39(43-23-14-25-49-47-21-9-12-28-55(47)63-57(43)49)32-40(34-41)44-24-15-26-50-48-22-10-13-29-56(48)64-58(44)50/h2-36H,1H3. The van der Waals surface area contributed by atoms with Crippen LogP contribution in [0.15, 0.2) is 221 Å². The van der Waals surface area contributed by atoms with Gasteiger partial charge in [0.15, 0.2) is 5.82 Å². The van der Waals surface area contributed by atoms with Crippen LogP contribution in [-0.4, -0.2) is 9.97 Å². The van der Waals surface area contributed by atoms with Crippen LogP contribution in [0, 0.1) is 0 Å². The van der Waals surface area contributed by atoms with Crippen LogP contribution < -0.4 is 0 Å². The summed E-state index contributed by atoms with van der Waals surface area (Å²) < 4.78 is 13.3. The van der Waals surface area contributed by atoms with Gasteiger partial charge in [0.05, 0.1) is 11.4 Å². The van der Waals surface area contributed by atoms with Crippen molar-refractivity contribution < 1.29 is 8.83 Å². The average Bonchev–Trinajstić information content (AvgIpc) is 4.02. The van der Waals surface area contributed by atoms with E-state index in [4.69, 9.17) is 18.8 Å². The van der Waals surface area contributed by atoms with Gasteiger partial charge in [0.25, 0.3) is 0 Å². The third kappa shape index (κ3) is 5.56. The van der Waals surface area contributed by atoms with Crippen molar-refractivity contribution in [2.24, 2.45) is 0 Å². The van der Waals surface area contributed by atoms with E-state index < -0.39 is 0 Å². The molecular formula is C60H38N2O2. The lowest BCUT2D eigenvalue weighted by atomic mass is 9.74. The summed E-state index contributed by atoms with van der Waals surface area (Å²) in [5, 5.41) is 4.35. The number of hydrogen-bond acceptors (Lipinski definition) is 4. The Morgan fingerprint density at radius 2 is 0.844 bits per heavy atom. The lowest BCUT2D eigenvalue weighted by molar-refractivity contribution is 0.670. The van der Waals surface area contributed by atoms with E-state index in [9.17, 15) is 0 Å². The molecule has 0 saturated heterocycles. The predicted octanol–water partition coefficient (Wildman–Crippen LogP) is 15.9. The van der Waals surface area contributed by atoms with Crippen LogP contribution in [0.1, 0.15) is 23.6 Å². The van der Waals surface area contributed by atoms with Crippen molar-refractivity contribution in [3.05, 3.63) is 229 Å². The minimum absolute atomic E-state index is 0.347.